The molecule has 1 aromatic carbocycles. The van der Waals surface area contributed by atoms with Gasteiger partial charge in [-0.05, 0) is 32.8 Å². The van der Waals surface area contributed by atoms with E-state index >= 15 is 0 Å². The fraction of sp³-hybridized carbons (Fsp3) is 0.529. The molecule has 0 aliphatic carbocycles. The third-order valence-corrected chi connectivity index (χ3v) is 4.49. The highest BCUT2D eigenvalue weighted by Gasteiger charge is 2.41. The Labute approximate surface area is 120 Å². The number of carboxylic acid groups (broad SMARTS) is 1. The Morgan fingerprint density at radius 1 is 1.25 bits per heavy atom. The van der Waals surface area contributed by atoms with E-state index < -0.39 is 5.97 Å². The van der Waals surface area contributed by atoms with Crippen molar-refractivity contribution in [1.82, 2.24) is 0 Å². The Kier molecular flexibility index (Phi) is 4.26. The number of unbranched alkanes of at least 4 members (excludes halogenated alkanes) is 2. The van der Waals surface area contributed by atoms with E-state index in [0.29, 0.717) is 0 Å². The second kappa shape index (κ2) is 5.78. The highest BCUT2D eigenvalue weighted by atomic mass is 16.4. The number of rotatable bonds is 6. The summed E-state index contributed by atoms with van der Waals surface area (Å²) in [6.45, 7) is 6.57. The highest BCUT2D eigenvalue weighted by Crippen LogP contribution is 2.36. The number of aryl methyl sites for hydroxylation is 1. The molecular weight excluding hydrogens is 250 g/mol. The van der Waals surface area contributed by atoms with Crippen molar-refractivity contribution in [2.75, 3.05) is 0 Å². The summed E-state index contributed by atoms with van der Waals surface area (Å²) >= 11 is 0. The molecule has 2 N–H and O–H groups in total. The van der Waals surface area contributed by atoms with Crippen LogP contribution in [0.2, 0.25) is 0 Å². The lowest BCUT2D eigenvalue weighted by Crippen LogP contribution is -2.65. The van der Waals surface area contributed by atoms with Crippen LogP contribution < -0.4 is 4.99 Å². The van der Waals surface area contributed by atoms with Crippen molar-refractivity contribution in [3.05, 3.63) is 29.3 Å². The molecule has 3 heteroatoms. The van der Waals surface area contributed by atoms with Gasteiger partial charge >= 0.3 is 5.97 Å². The molecule has 20 heavy (non-hydrogen) atoms. The first-order valence-electron chi connectivity index (χ1n) is 7.37. The second-order valence-corrected chi connectivity index (χ2v) is 6.09. The largest absolute Gasteiger partial charge is 0.481 e. The van der Waals surface area contributed by atoms with E-state index in [1.54, 1.807) is 0 Å². The summed E-state index contributed by atoms with van der Waals surface area (Å²) in [5.74, 6) is -0.692. The average molecular weight is 274 g/mol. The van der Waals surface area contributed by atoms with Crippen LogP contribution in [0.4, 0.5) is 5.69 Å². The van der Waals surface area contributed by atoms with Gasteiger partial charge in [-0.3, -0.25) is 4.79 Å². The summed E-state index contributed by atoms with van der Waals surface area (Å²) in [6.07, 6.45) is 4.18. The number of hydrogen-bond donors (Lipinski definition) is 2. The number of hydrogen-bond acceptors (Lipinski definition) is 1. The maximum Gasteiger partial charge on any atom is 0.303 e. The van der Waals surface area contributed by atoms with Crippen molar-refractivity contribution < 1.29 is 14.9 Å². The fourth-order valence-electron chi connectivity index (χ4n) is 3.02. The summed E-state index contributed by atoms with van der Waals surface area (Å²) in [7, 11) is 0. The Balaban J connectivity index is 2.02. The smallest absolute Gasteiger partial charge is 0.303 e. The first-order valence-corrected chi connectivity index (χ1v) is 7.37. The molecule has 0 bridgehead atoms. The number of aliphatic carboxylic acids is 1. The summed E-state index contributed by atoms with van der Waals surface area (Å²) in [6, 6.07) is 6.57. The van der Waals surface area contributed by atoms with Gasteiger partial charge in [0.1, 0.15) is 0 Å². The van der Waals surface area contributed by atoms with E-state index in [1.807, 2.05) is 0 Å². The Morgan fingerprint density at radius 3 is 2.70 bits per heavy atom. The fourth-order valence-corrected chi connectivity index (χ4v) is 3.02. The van der Waals surface area contributed by atoms with Crippen LogP contribution in [0.25, 0.3) is 0 Å². The average Bonchev–Trinajstić information content (AvgIpc) is 2.62. The van der Waals surface area contributed by atoms with Crippen LogP contribution in [-0.4, -0.2) is 16.8 Å². The molecule has 0 saturated carbocycles. The van der Waals surface area contributed by atoms with Gasteiger partial charge in [0.2, 0.25) is 5.69 Å². The van der Waals surface area contributed by atoms with Crippen molar-refractivity contribution in [1.29, 1.82) is 0 Å². The predicted molar refractivity (Wildman–Crippen MR) is 80.6 cm³/mol. The van der Waals surface area contributed by atoms with Gasteiger partial charge in [-0.25, -0.2) is 4.99 Å². The summed E-state index contributed by atoms with van der Waals surface area (Å²) in [4.78, 5) is 14.0. The second-order valence-electron chi connectivity index (χ2n) is 6.09. The maximum atomic E-state index is 10.5. The minimum atomic E-state index is -0.692. The van der Waals surface area contributed by atoms with E-state index in [0.717, 1.165) is 25.7 Å². The molecule has 1 aliphatic heterocycles. The van der Waals surface area contributed by atoms with Crippen LogP contribution in [0.5, 0.6) is 0 Å². The molecule has 0 radical (unpaired) electrons. The first-order chi connectivity index (χ1) is 9.43. The highest BCUT2D eigenvalue weighted by molar-refractivity contribution is 5.92. The zero-order valence-corrected chi connectivity index (χ0v) is 12.6. The lowest BCUT2D eigenvalue weighted by Gasteiger charge is -2.22. The molecule has 1 unspecified atom stereocenters. The quantitative estimate of drug-likeness (QED) is 0.783. The molecule has 0 aromatic heterocycles. The zero-order chi connectivity index (χ0) is 14.8. The topological polar surface area (TPSA) is 51.3 Å². The van der Waals surface area contributed by atoms with E-state index in [-0.39, 0.29) is 11.8 Å². The molecule has 0 spiro atoms. The molecule has 0 saturated heterocycles. The van der Waals surface area contributed by atoms with Crippen molar-refractivity contribution in [3.8, 4) is 0 Å². The molecule has 1 atom stereocenters. The van der Waals surface area contributed by atoms with Crippen LogP contribution >= 0.6 is 0 Å². The van der Waals surface area contributed by atoms with Gasteiger partial charge in [-0.1, -0.05) is 24.5 Å². The monoisotopic (exact) mass is 274 g/mol. The van der Waals surface area contributed by atoms with E-state index in [4.69, 9.17) is 5.11 Å². The van der Waals surface area contributed by atoms with Crippen molar-refractivity contribution in [2.24, 2.45) is 0 Å². The predicted octanol–water partition coefficient (Wildman–Crippen LogP) is 2.47. The van der Waals surface area contributed by atoms with Gasteiger partial charge in [0.15, 0.2) is 5.71 Å². The Bertz CT molecular complexity index is 548. The molecule has 0 fully saturated rings. The van der Waals surface area contributed by atoms with Gasteiger partial charge < -0.3 is 5.11 Å². The van der Waals surface area contributed by atoms with Crippen LogP contribution in [0.3, 0.4) is 0 Å². The van der Waals surface area contributed by atoms with E-state index in [1.165, 1.54) is 22.5 Å². The lowest BCUT2D eigenvalue weighted by atomic mass is 9.75. The first kappa shape index (κ1) is 14.8. The van der Waals surface area contributed by atoms with Crippen LogP contribution in [0.1, 0.15) is 57.1 Å². The molecule has 1 aromatic rings. The van der Waals surface area contributed by atoms with Crippen molar-refractivity contribution in [3.63, 3.8) is 0 Å². The third kappa shape index (κ3) is 2.92. The standard InChI is InChI=1S/C17H23NO2/c1-12-8-9-15-14(11-12)17(3,13(2)18-15)10-6-4-5-7-16(19)20/h8-9,11H,4-7,10H2,1-3H3,(H,19,20)/p+1. The van der Waals surface area contributed by atoms with Gasteiger partial charge in [0.25, 0.3) is 0 Å². The van der Waals surface area contributed by atoms with E-state index in [2.05, 4.69) is 44.0 Å². The van der Waals surface area contributed by atoms with Gasteiger partial charge in [0, 0.05) is 25.0 Å². The van der Waals surface area contributed by atoms with Crippen LogP contribution in [-0.2, 0) is 10.2 Å². The molecule has 108 valence electrons. The SMILES string of the molecule is CC1=[NH+]c2ccc(C)cc2C1(C)CCCCCC(=O)O. The normalized spacial score (nSPS) is 20.6. The Morgan fingerprint density at radius 2 is 2.00 bits per heavy atom. The molecule has 2 rings (SSSR count). The number of benzene rings is 1. The van der Waals surface area contributed by atoms with E-state index in [9.17, 15) is 4.79 Å². The zero-order valence-electron chi connectivity index (χ0n) is 12.6. The lowest BCUT2D eigenvalue weighted by molar-refractivity contribution is -0.351. The van der Waals surface area contributed by atoms with Crippen LogP contribution in [0, 0.1) is 6.92 Å². The number of carboxylic acids is 1. The summed E-state index contributed by atoms with van der Waals surface area (Å²) in [5.41, 5.74) is 5.27. The maximum absolute atomic E-state index is 10.5. The van der Waals surface area contributed by atoms with Gasteiger partial charge in [0.05, 0.1) is 5.41 Å². The molecular formula is C17H24NO2+. The van der Waals surface area contributed by atoms with Gasteiger partial charge in [-0.15, -0.1) is 0 Å². The number of nitrogens with one attached hydrogen (secondary N) is 1. The van der Waals surface area contributed by atoms with Gasteiger partial charge in [-0.2, -0.15) is 0 Å². The Hall–Kier alpha value is -1.64. The summed E-state index contributed by atoms with van der Waals surface area (Å²) < 4.78 is 0. The summed E-state index contributed by atoms with van der Waals surface area (Å²) in [5, 5.41) is 8.66. The minimum Gasteiger partial charge on any atom is -0.481 e. The number of carbonyl (C=O) groups is 1. The molecule has 1 aliphatic rings. The number of fused-ring (bicyclic) bond motifs is 1. The van der Waals surface area contributed by atoms with Crippen molar-refractivity contribution in [2.45, 2.75) is 58.3 Å². The third-order valence-electron chi connectivity index (χ3n) is 4.49. The van der Waals surface area contributed by atoms with Crippen LogP contribution in [0.15, 0.2) is 18.2 Å². The molecule has 0 amide bonds. The minimum absolute atomic E-state index is 0.0740. The van der Waals surface area contributed by atoms with Crippen molar-refractivity contribution >= 4 is 17.4 Å². The molecule has 1 heterocycles. The molecule has 3 nitrogen and oxygen atoms in total.